The van der Waals surface area contributed by atoms with E-state index in [1.807, 2.05) is 0 Å². The van der Waals surface area contributed by atoms with Crippen LogP contribution in [0.3, 0.4) is 0 Å². The highest BCUT2D eigenvalue weighted by molar-refractivity contribution is 4.93. The van der Waals surface area contributed by atoms with E-state index in [9.17, 15) is 0 Å². The number of fused-ring (bicyclic) bond motifs is 3. The molecule has 2 aliphatic heterocycles. The summed E-state index contributed by atoms with van der Waals surface area (Å²) >= 11 is 0. The molecule has 24 heavy (non-hydrogen) atoms. The van der Waals surface area contributed by atoms with Gasteiger partial charge in [0.2, 0.25) is 0 Å². The Morgan fingerprint density at radius 3 is 1.21 bits per heavy atom. The van der Waals surface area contributed by atoms with Crippen molar-refractivity contribution in [3.63, 3.8) is 0 Å². The van der Waals surface area contributed by atoms with E-state index in [0.29, 0.717) is 12.1 Å². The predicted octanol–water partition coefficient (Wildman–Crippen LogP) is 2.60. The van der Waals surface area contributed by atoms with Crippen LogP contribution >= 0.6 is 0 Å². The van der Waals surface area contributed by atoms with Gasteiger partial charge in [0.05, 0.1) is 0 Å². The van der Waals surface area contributed by atoms with Crippen molar-refractivity contribution in [3.8, 4) is 0 Å². The van der Waals surface area contributed by atoms with Crippen LogP contribution in [0.5, 0.6) is 0 Å². The predicted molar refractivity (Wildman–Crippen MR) is 105 cm³/mol. The number of hydrogen-bond donors (Lipinski definition) is 0. The highest BCUT2D eigenvalue weighted by atomic mass is 15.3. The van der Waals surface area contributed by atoms with Crippen molar-refractivity contribution in [2.24, 2.45) is 0 Å². The average Bonchev–Trinajstić information content (AvgIpc) is 2.46. The molecule has 2 heterocycles. The first-order chi connectivity index (χ1) is 11.0. The molecule has 2 aliphatic rings. The average molecular weight is 339 g/mol. The molecule has 2 saturated heterocycles. The van der Waals surface area contributed by atoms with E-state index in [-0.39, 0.29) is 11.1 Å². The Labute approximate surface area is 151 Å². The van der Waals surface area contributed by atoms with E-state index in [1.165, 1.54) is 52.1 Å². The summed E-state index contributed by atoms with van der Waals surface area (Å²) < 4.78 is 0. The summed E-state index contributed by atoms with van der Waals surface area (Å²) in [5.74, 6) is 0. The Morgan fingerprint density at radius 2 is 0.875 bits per heavy atom. The molecule has 4 heteroatoms. The van der Waals surface area contributed by atoms with E-state index in [4.69, 9.17) is 0 Å². The maximum atomic E-state index is 2.75. The first-order valence-corrected chi connectivity index (χ1v) is 9.93. The van der Waals surface area contributed by atoms with E-state index in [0.717, 1.165) is 0 Å². The Kier molecular flexibility index (Phi) is 6.39. The van der Waals surface area contributed by atoms with Gasteiger partial charge in [-0.15, -0.1) is 0 Å². The third-order valence-electron chi connectivity index (χ3n) is 6.89. The molecule has 0 amide bonds. The molecule has 0 radical (unpaired) electrons. The highest BCUT2D eigenvalue weighted by Gasteiger charge is 2.36. The van der Waals surface area contributed by atoms with Crippen molar-refractivity contribution in [2.75, 3.05) is 53.4 Å². The minimum atomic E-state index is 0.254. The van der Waals surface area contributed by atoms with Gasteiger partial charge in [-0.1, -0.05) is 0 Å². The molecule has 0 aromatic carbocycles. The highest BCUT2D eigenvalue weighted by Crippen LogP contribution is 2.28. The topological polar surface area (TPSA) is 13.0 Å². The number of rotatable bonds is 0. The van der Waals surface area contributed by atoms with Crippen LogP contribution in [0, 0.1) is 0 Å². The molecule has 0 saturated carbocycles. The number of nitrogens with zero attached hydrogens (tertiary/aromatic N) is 4. The van der Waals surface area contributed by atoms with Crippen LogP contribution in [0.25, 0.3) is 0 Å². The maximum absolute atomic E-state index is 2.75. The fraction of sp³-hybridized carbons (Fsp3) is 1.00. The van der Waals surface area contributed by atoms with Crippen molar-refractivity contribution in [3.05, 3.63) is 0 Å². The zero-order chi connectivity index (χ0) is 18.1. The quantitative estimate of drug-likeness (QED) is 0.673. The van der Waals surface area contributed by atoms with E-state index in [2.05, 4.69) is 75.2 Å². The molecular formula is C20H42N4. The standard InChI is InChI=1S/C20H42N4/c1-17-15-19(3,4)23-12-10-22(8)18(2)16-20(5,6)24(14-13-23)11-9-21(17)7/h17-18H,9-16H2,1-8H3. The molecule has 4 atom stereocenters. The SMILES string of the molecule is CC1CC(C)(C)N2CCN(C)C(C)CC(C)(C)N(CCN1C)CC2. The van der Waals surface area contributed by atoms with Crippen LogP contribution in [0.1, 0.15) is 54.4 Å². The molecule has 0 spiro atoms. The Hall–Kier alpha value is -0.160. The largest absolute Gasteiger partial charge is 0.302 e. The van der Waals surface area contributed by atoms with Crippen LogP contribution in [0.2, 0.25) is 0 Å². The zero-order valence-electron chi connectivity index (χ0n) is 17.6. The van der Waals surface area contributed by atoms with Crippen molar-refractivity contribution in [1.29, 1.82) is 0 Å². The van der Waals surface area contributed by atoms with E-state index >= 15 is 0 Å². The second kappa shape index (κ2) is 7.61. The molecule has 0 aromatic rings. The normalized spacial score (nSPS) is 39.5. The fourth-order valence-corrected chi connectivity index (χ4v) is 4.69. The molecule has 0 aromatic heterocycles. The Morgan fingerprint density at radius 1 is 0.583 bits per heavy atom. The van der Waals surface area contributed by atoms with Crippen LogP contribution in [-0.2, 0) is 0 Å². The summed E-state index contributed by atoms with van der Waals surface area (Å²) in [5, 5.41) is 0. The Bertz CT molecular complexity index is 368. The molecule has 2 fully saturated rings. The smallest absolute Gasteiger partial charge is 0.0169 e. The monoisotopic (exact) mass is 338 g/mol. The molecule has 4 unspecified atom stereocenters. The van der Waals surface area contributed by atoms with Crippen LogP contribution < -0.4 is 0 Å². The van der Waals surface area contributed by atoms with Gasteiger partial charge < -0.3 is 9.80 Å². The van der Waals surface area contributed by atoms with Gasteiger partial charge in [0, 0.05) is 62.4 Å². The molecule has 2 rings (SSSR count). The lowest BCUT2D eigenvalue weighted by Gasteiger charge is -2.49. The summed E-state index contributed by atoms with van der Waals surface area (Å²) in [5.41, 5.74) is 0.508. The van der Waals surface area contributed by atoms with Gasteiger partial charge in [0.1, 0.15) is 0 Å². The molecule has 142 valence electrons. The molecule has 0 aliphatic carbocycles. The third kappa shape index (κ3) is 4.72. The second-order valence-electron chi connectivity index (χ2n) is 9.67. The number of likely N-dealkylation sites (N-methyl/N-ethyl adjacent to an activating group) is 2. The van der Waals surface area contributed by atoms with Gasteiger partial charge in [0.25, 0.3) is 0 Å². The summed E-state index contributed by atoms with van der Waals surface area (Å²) in [6.07, 6.45) is 2.48. The van der Waals surface area contributed by atoms with Gasteiger partial charge in [0.15, 0.2) is 0 Å². The van der Waals surface area contributed by atoms with Gasteiger partial charge in [-0.3, -0.25) is 9.80 Å². The lowest BCUT2D eigenvalue weighted by molar-refractivity contribution is -0.00155. The van der Waals surface area contributed by atoms with E-state index in [1.54, 1.807) is 0 Å². The summed E-state index contributed by atoms with van der Waals surface area (Å²) in [6, 6.07) is 1.26. The van der Waals surface area contributed by atoms with Crippen molar-refractivity contribution >= 4 is 0 Å². The van der Waals surface area contributed by atoms with Crippen molar-refractivity contribution in [1.82, 2.24) is 19.6 Å². The Balaban J connectivity index is 2.33. The van der Waals surface area contributed by atoms with Crippen molar-refractivity contribution in [2.45, 2.75) is 77.5 Å². The molecule has 2 bridgehead atoms. The summed E-state index contributed by atoms with van der Waals surface area (Å²) in [4.78, 5) is 10.6. The van der Waals surface area contributed by atoms with E-state index < -0.39 is 0 Å². The maximum Gasteiger partial charge on any atom is 0.0169 e. The van der Waals surface area contributed by atoms with Gasteiger partial charge in [-0.25, -0.2) is 0 Å². The fourth-order valence-electron chi connectivity index (χ4n) is 4.69. The minimum absolute atomic E-state index is 0.254. The molecular weight excluding hydrogens is 296 g/mol. The van der Waals surface area contributed by atoms with Crippen LogP contribution in [0.15, 0.2) is 0 Å². The third-order valence-corrected chi connectivity index (χ3v) is 6.89. The first kappa shape index (κ1) is 20.2. The summed E-state index contributed by atoms with van der Waals surface area (Å²) in [6.45, 7) is 21.7. The first-order valence-electron chi connectivity index (χ1n) is 9.93. The minimum Gasteiger partial charge on any atom is -0.302 e. The lowest BCUT2D eigenvalue weighted by Crippen LogP contribution is -2.59. The molecule has 0 N–H and O–H groups in total. The second-order valence-corrected chi connectivity index (χ2v) is 9.67. The molecule has 4 nitrogen and oxygen atoms in total. The van der Waals surface area contributed by atoms with Gasteiger partial charge in [-0.05, 0) is 68.5 Å². The van der Waals surface area contributed by atoms with Gasteiger partial charge >= 0.3 is 0 Å². The van der Waals surface area contributed by atoms with Crippen LogP contribution in [-0.4, -0.2) is 96.1 Å². The van der Waals surface area contributed by atoms with Crippen molar-refractivity contribution < 1.29 is 0 Å². The summed E-state index contributed by atoms with van der Waals surface area (Å²) in [7, 11) is 4.61. The zero-order valence-corrected chi connectivity index (χ0v) is 17.6. The lowest BCUT2D eigenvalue weighted by atomic mass is 9.90. The number of hydrogen-bond acceptors (Lipinski definition) is 4. The van der Waals surface area contributed by atoms with Gasteiger partial charge in [-0.2, -0.15) is 0 Å². The van der Waals surface area contributed by atoms with Crippen LogP contribution in [0.4, 0.5) is 0 Å².